The highest BCUT2D eigenvalue weighted by Crippen LogP contribution is 2.23. The maximum Gasteiger partial charge on any atom is 0.119 e. The fourth-order valence-electron chi connectivity index (χ4n) is 4.09. The molecular formula is C30H47NO. The van der Waals surface area contributed by atoms with Gasteiger partial charge in [0.05, 0.1) is 6.61 Å². The zero-order valence-electron chi connectivity index (χ0n) is 21.1. The molecule has 0 aliphatic heterocycles. The van der Waals surface area contributed by atoms with Crippen LogP contribution in [0.1, 0.15) is 110 Å². The van der Waals surface area contributed by atoms with Crippen molar-refractivity contribution in [1.29, 1.82) is 0 Å². The van der Waals surface area contributed by atoms with Crippen LogP contribution < -0.4 is 4.74 Å². The van der Waals surface area contributed by atoms with E-state index in [2.05, 4.69) is 57.2 Å². The Hall–Kier alpha value is -1.83. The summed E-state index contributed by atoms with van der Waals surface area (Å²) in [6, 6.07) is 12.9. The van der Waals surface area contributed by atoms with Crippen molar-refractivity contribution >= 4 is 0 Å². The van der Waals surface area contributed by atoms with Crippen molar-refractivity contribution in [2.24, 2.45) is 5.92 Å². The lowest BCUT2D eigenvalue weighted by Gasteiger charge is -2.09. The Labute approximate surface area is 198 Å². The van der Waals surface area contributed by atoms with E-state index in [1.54, 1.807) is 0 Å². The summed E-state index contributed by atoms with van der Waals surface area (Å²) in [5, 5.41) is 0. The molecule has 0 saturated carbocycles. The SMILES string of the molecule is CCCCCCCCCCc1ccc(-c2ccc(OCCCCCC(C)CC)cc2)cn1. The molecule has 0 radical (unpaired) electrons. The number of hydrogen-bond donors (Lipinski definition) is 0. The number of unbranched alkanes of at least 4 members (excludes halogenated alkanes) is 9. The number of pyridine rings is 1. The van der Waals surface area contributed by atoms with Crippen molar-refractivity contribution in [3.05, 3.63) is 48.3 Å². The lowest BCUT2D eigenvalue weighted by molar-refractivity contribution is 0.302. The molecule has 1 atom stereocenters. The van der Waals surface area contributed by atoms with Gasteiger partial charge in [-0.3, -0.25) is 4.98 Å². The minimum atomic E-state index is 0.814. The molecule has 2 nitrogen and oxygen atoms in total. The van der Waals surface area contributed by atoms with Crippen LogP contribution in [0.3, 0.4) is 0 Å². The summed E-state index contributed by atoms with van der Waals surface area (Å²) in [4.78, 5) is 4.70. The van der Waals surface area contributed by atoms with Gasteiger partial charge in [0.25, 0.3) is 0 Å². The molecule has 0 aliphatic carbocycles. The van der Waals surface area contributed by atoms with Crippen LogP contribution >= 0.6 is 0 Å². The van der Waals surface area contributed by atoms with Crippen molar-refractivity contribution in [1.82, 2.24) is 4.98 Å². The molecule has 2 heteroatoms. The van der Waals surface area contributed by atoms with Crippen LogP contribution in [-0.2, 0) is 6.42 Å². The van der Waals surface area contributed by atoms with Gasteiger partial charge in [-0.25, -0.2) is 0 Å². The van der Waals surface area contributed by atoms with E-state index in [1.165, 1.54) is 93.9 Å². The summed E-state index contributed by atoms with van der Waals surface area (Å²) >= 11 is 0. The molecule has 0 aliphatic rings. The summed E-state index contributed by atoms with van der Waals surface area (Å²) in [5.74, 6) is 1.83. The minimum absolute atomic E-state index is 0.814. The molecule has 1 aromatic carbocycles. The van der Waals surface area contributed by atoms with Crippen LogP contribution in [0.4, 0.5) is 0 Å². The van der Waals surface area contributed by atoms with E-state index in [-0.39, 0.29) is 0 Å². The zero-order chi connectivity index (χ0) is 22.9. The van der Waals surface area contributed by atoms with Gasteiger partial charge < -0.3 is 4.74 Å². The number of rotatable bonds is 18. The van der Waals surface area contributed by atoms with E-state index in [0.29, 0.717) is 0 Å². The van der Waals surface area contributed by atoms with Gasteiger partial charge in [-0.1, -0.05) is 110 Å². The predicted octanol–water partition coefficient (Wildman–Crippen LogP) is 9.42. The van der Waals surface area contributed by atoms with Crippen LogP contribution in [0.2, 0.25) is 0 Å². The van der Waals surface area contributed by atoms with Gasteiger partial charge >= 0.3 is 0 Å². The number of hydrogen-bond acceptors (Lipinski definition) is 2. The summed E-state index contributed by atoms with van der Waals surface area (Å²) < 4.78 is 5.93. The maximum absolute atomic E-state index is 5.93. The van der Waals surface area contributed by atoms with Gasteiger partial charge in [0.15, 0.2) is 0 Å². The molecule has 1 aromatic heterocycles. The average Bonchev–Trinajstić information content (AvgIpc) is 2.83. The summed E-state index contributed by atoms with van der Waals surface area (Å²) in [6.45, 7) is 7.72. The van der Waals surface area contributed by atoms with Gasteiger partial charge in [0.1, 0.15) is 5.75 Å². The molecule has 1 heterocycles. The first-order valence-corrected chi connectivity index (χ1v) is 13.4. The topological polar surface area (TPSA) is 22.1 Å². The third-order valence-electron chi connectivity index (χ3n) is 6.61. The average molecular weight is 438 g/mol. The molecule has 178 valence electrons. The second kappa shape index (κ2) is 16.8. The number of nitrogens with zero attached hydrogens (tertiary/aromatic N) is 1. The van der Waals surface area contributed by atoms with Gasteiger partial charge in [0, 0.05) is 17.5 Å². The van der Waals surface area contributed by atoms with Gasteiger partial charge in [-0.2, -0.15) is 0 Å². The largest absolute Gasteiger partial charge is 0.494 e. The summed E-state index contributed by atoms with van der Waals surface area (Å²) in [7, 11) is 0. The fourth-order valence-corrected chi connectivity index (χ4v) is 4.09. The van der Waals surface area contributed by atoms with E-state index in [0.717, 1.165) is 31.1 Å². The minimum Gasteiger partial charge on any atom is -0.494 e. The Morgan fingerprint density at radius 2 is 1.38 bits per heavy atom. The number of ether oxygens (including phenoxy) is 1. The molecule has 1 unspecified atom stereocenters. The quantitative estimate of drug-likeness (QED) is 0.217. The van der Waals surface area contributed by atoms with Crippen molar-refractivity contribution in [2.45, 2.75) is 111 Å². The standard InChI is InChI=1S/C30H47NO/c1-4-6-7-8-9-10-11-14-17-29-21-18-28(25-31-29)27-19-22-30(23-20-27)32-24-15-12-13-16-26(3)5-2/h18-23,25-26H,4-17,24H2,1-3H3. The number of benzene rings is 1. The molecule has 0 N–H and O–H groups in total. The Morgan fingerprint density at radius 3 is 2.03 bits per heavy atom. The highest BCUT2D eigenvalue weighted by Gasteiger charge is 2.02. The Kier molecular flexibility index (Phi) is 13.8. The smallest absolute Gasteiger partial charge is 0.119 e. The van der Waals surface area contributed by atoms with Crippen molar-refractivity contribution < 1.29 is 4.74 Å². The second-order valence-corrected chi connectivity index (χ2v) is 9.50. The fraction of sp³-hybridized carbons (Fsp3) is 0.633. The Morgan fingerprint density at radius 1 is 0.719 bits per heavy atom. The Bertz CT molecular complexity index is 692. The van der Waals surface area contributed by atoms with Crippen molar-refractivity contribution in [2.75, 3.05) is 6.61 Å². The predicted molar refractivity (Wildman–Crippen MR) is 139 cm³/mol. The first-order valence-electron chi connectivity index (χ1n) is 13.4. The third kappa shape index (κ3) is 11.2. The highest BCUT2D eigenvalue weighted by atomic mass is 16.5. The summed E-state index contributed by atoms with van der Waals surface area (Å²) in [6.07, 6.45) is 20.4. The maximum atomic E-state index is 5.93. The van der Waals surface area contributed by atoms with Gasteiger partial charge in [-0.05, 0) is 48.9 Å². The molecule has 0 bridgehead atoms. The molecule has 2 rings (SSSR count). The zero-order valence-corrected chi connectivity index (χ0v) is 21.1. The van der Waals surface area contributed by atoms with Crippen LogP contribution in [0.25, 0.3) is 11.1 Å². The van der Waals surface area contributed by atoms with E-state index >= 15 is 0 Å². The summed E-state index contributed by atoms with van der Waals surface area (Å²) in [5.41, 5.74) is 3.60. The second-order valence-electron chi connectivity index (χ2n) is 9.50. The van der Waals surface area contributed by atoms with Crippen molar-refractivity contribution in [3.63, 3.8) is 0 Å². The van der Waals surface area contributed by atoms with E-state index in [1.807, 2.05) is 6.20 Å². The molecule has 0 fully saturated rings. The van der Waals surface area contributed by atoms with Gasteiger partial charge in [-0.15, -0.1) is 0 Å². The monoisotopic (exact) mass is 437 g/mol. The molecule has 0 amide bonds. The Balaban J connectivity index is 1.63. The molecule has 32 heavy (non-hydrogen) atoms. The van der Waals surface area contributed by atoms with Crippen LogP contribution in [0, 0.1) is 5.92 Å². The van der Waals surface area contributed by atoms with E-state index in [4.69, 9.17) is 9.72 Å². The molecule has 2 aromatic rings. The lowest BCUT2D eigenvalue weighted by atomic mass is 10.0. The van der Waals surface area contributed by atoms with E-state index < -0.39 is 0 Å². The van der Waals surface area contributed by atoms with Crippen LogP contribution in [0.5, 0.6) is 5.75 Å². The number of aromatic nitrogens is 1. The molecule has 0 spiro atoms. The van der Waals surface area contributed by atoms with Crippen LogP contribution in [-0.4, -0.2) is 11.6 Å². The number of aryl methyl sites for hydroxylation is 1. The van der Waals surface area contributed by atoms with Crippen LogP contribution in [0.15, 0.2) is 42.6 Å². The highest BCUT2D eigenvalue weighted by molar-refractivity contribution is 5.63. The normalized spacial score (nSPS) is 12.1. The van der Waals surface area contributed by atoms with Gasteiger partial charge in [0.2, 0.25) is 0 Å². The van der Waals surface area contributed by atoms with Crippen molar-refractivity contribution in [3.8, 4) is 16.9 Å². The van der Waals surface area contributed by atoms with E-state index in [9.17, 15) is 0 Å². The first kappa shape index (κ1) is 26.4. The molecule has 0 saturated heterocycles. The molecular weight excluding hydrogens is 390 g/mol. The lowest BCUT2D eigenvalue weighted by Crippen LogP contribution is -1.98. The third-order valence-corrected chi connectivity index (χ3v) is 6.61. The first-order chi connectivity index (χ1) is 15.7.